The molecule has 3 N–H and O–H groups in total. The fourth-order valence-corrected chi connectivity index (χ4v) is 4.19. The number of fused-ring (bicyclic) bond motifs is 1. The number of anilines is 1. The Kier molecular flexibility index (Phi) is 5.81. The van der Waals surface area contributed by atoms with E-state index in [1.54, 1.807) is 31.2 Å². The minimum Gasteiger partial charge on any atom is -0.354 e. The van der Waals surface area contributed by atoms with Crippen LogP contribution in [-0.2, 0) is 0 Å². The second-order valence-electron chi connectivity index (χ2n) is 8.35. The van der Waals surface area contributed by atoms with E-state index >= 15 is 0 Å². The number of amidine groups is 1. The highest BCUT2D eigenvalue weighted by Crippen LogP contribution is 2.24. The van der Waals surface area contributed by atoms with Gasteiger partial charge in [-0.1, -0.05) is 24.3 Å². The number of piperazine rings is 1. The average molecular weight is 457 g/mol. The molecule has 4 aromatic rings. The molecule has 1 aliphatic rings. The Morgan fingerprint density at radius 2 is 1.71 bits per heavy atom. The van der Waals surface area contributed by atoms with Gasteiger partial charge in [0.25, 0.3) is 5.91 Å². The summed E-state index contributed by atoms with van der Waals surface area (Å²) in [5, 5.41) is 20.6. The Morgan fingerprint density at radius 3 is 2.41 bits per heavy atom. The zero-order valence-corrected chi connectivity index (χ0v) is 18.8. The molecule has 1 amide bonds. The van der Waals surface area contributed by atoms with E-state index in [4.69, 9.17) is 5.41 Å². The monoisotopic (exact) mass is 456 g/mol. The van der Waals surface area contributed by atoms with Crippen LogP contribution in [0.1, 0.15) is 21.7 Å². The maximum Gasteiger partial charge on any atom is 0.274 e. The topological polar surface area (TPSA) is 86.0 Å². The van der Waals surface area contributed by atoms with Crippen LogP contribution < -0.4 is 10.6 Å². The lowest BCUT2D eigenvalue weighted by molar-refractivity contribution is 0.101. The van der Waals surface area contributed by atoms with Crippen LogP contribution in [0.4, 0.5) is 10.1 Å². The molecule has 0 unspecified atom stereocenters. The average Bonchev–Trinajstić information content (AvgIpc) is 3.25. The lowest BCUT2D eigenvalue weighted by Gasteiger charge is -2.29. The van der Waals surface area contributed by atoms with Crippen molar-refractivity contribution in [2.75, 3.05) is 31.5 Å². The lowest BCUT2D eigenvalue weighted by atomic mass is 10.1. The van der Waals surface area contributed by atoms with Gasteiger partial charge in [0.05, 0.1) is 5.69 Å². The summed E-state index contributed by atoms with van der Waals surface area (Å²) in [7, 11) is 0. The predicted octanol–water partition coefficient (Wildman–Crippen LogP) is 3.96. The summed E-state index contributed by atoms with van der Waals surface area (Å²) in [5.41, 5.74) is 2.45. The van der Waals surface area contributed by atoms with Gasteiger partial charge in [-0.3, -0.25) is 10.2 Å². The van der Waals surface area contributed by atoms with Crippen molar-refractivity contribution in [1.82, 2.24) is 20.0 Å². The second-order valence-corrected chi connectivity index (χ2v) is 8.35. The van der Waals surface area contributed by atoms with Gasteiger partial charge in [-0.15, -0.1) is 0 Å². The highest BCUT2D eigenvalue weighted by molar-refractivity contribution is 6.04. The molecule has 2 heterocycles. The van der Waals surface area contributed by atoms with E-state index in [2.05, 4.69) is 15.7 Å². The smallest absolute Gasteiger partial charge is 0.274 e. The zero-order valence-electron chi connectivity index (χ0n) is 18.8. The van der Waals surface area contributed by atoms with Gasteiger partial charge in [-0.05, 0) is 60.2 Å². The van der Waals surface area contributed by atoms with Gasteiger partial charge in [0.1, 0.15) is 23.0 Å². The Labute approximate surface area is 196 Å². The Balaban J connectivity index is 1.38. The van der Waals surface area contributed by atoms with E-state index in [0.717, 1.165) is 42.5 Å². The lowest BCUT2D eigenvalue weighted by Crippen LogP contribution is -2.46. The third-order valence-corrected chi connectivity index (χ3v) is 5.96. The molecule has 0 spiro atoms. The van der Waals surface area contributed by atoms with E-state index in [-0.39, 0.29) is 11.4 Å². The third-order valence-electron chi connectivity index (χ3n) is 5.96. The molecule has 34 heavy (non-hydrogen) atoms. The van der Waals surface area contributed by atoms with Gasteiger partial charge in [0, 0.05) is 37.4 Å². The van der Waals surface area contributed by atoms with Crippen molar-refractivity contribution in [3.63, 3.8) is 0 Å². The van der Waals surface area contributed by atoms with Crippen molar-refractivity contribution in [3.8, 4) is 5.69 Å². The number of nitrogens with zero attached hydrogens (tertiary/aromatic N) is 3. The predicted molar refractivity (Wildman–Crippen MR) is 131 cm³/mol. The number of carbonyl (C=O) groups excluding carboxylic acids is 1. The molecular formula is C26H25FN6O. The van der Waals surface area contributed by atoms with Gasteiger partial charge in [-0.2, -0.15) is 5.10 Å². The van der Waals surface area contributed by atoms with Gasteiger partial charge < -0.3 is 15.5 Å². The number of aryl methyl sites for hydroxylation is 1. The third kappa shape index (κ3) is 4.27. The molecule has 0 bridgehead atoms. The summed E-state index contributed by atoms with van der Waals surface area (Å²) in [4.78, 5) is 15.1. The Morgan fingerprint density at radius 1 is 1.03 bits per heavy atom. The van der Waals surface area contributed by atoms with Crippen LogP contribution >= 0.6 is 0 Å². The number of nitrogens with one attached hydrogen (secondary N) is 3. The molecule has 1 aromatic heterocycles. The SMILES string of the molecule is Cc1cc(C(=O)Nc2ccc(C(=N)N3CCNCC3)cc2)n(-c2cc3ccccc3cc2F)n1. The van der Waals surface area contributed by atoms with E-state index in [0.29, 0.717) is 17.2 Å². The van der Waals surface area contributed by atoms with E-state index in [9.17, 15) is 9.18 Å². The van der Waals surface area contributed by atoms with E-state index < -0.39 is 11.7 Å². The first kappa shape index (κ1) is 21.8. The summed E-state index contributed by atoms with van der Waals surface area (Å²) in [6, 6.07) is 19.5. The van der Waals surface area contributed by atoms with Crippen LogP contribution in [0.15, 0.2) is 66.7 Å². The standard InChI is InChI=1S/C26H25FN6O/c1-17-14-24(33(31-17)23-16-20-5-3-2-4-19(20)15-22(23)27)26(34)30-21-8-6-18(7-9-21)25(28)32-12-10-29-11-13-32/h2-9,14-16,28-29H,10-13H2,1H3,(H,30,34). The van der Waals surface area contributed by atoms with Gasteiger partial charge in [0.15, 0.2) is 0 Å². The van der Waals surface area contributed by atoms with E-state index in [1.807, 2.05) is 41.3 Å². The molecule has 0 atom stereocenters. The molecule has 0 aliphatic carbocycles. The minimum absolute atomic E-state index is 0.219. The van der Waals surface area contributed by atoms with Crippen LogP contribution in [0.3, 0.4) is 0 Å². The summed E-state index contributed by atoms with van der Waals surface area (Å²) in [5.74, 6) is -0.371. The Bertz CT molecular complexity index is 1370. The van der Waals surface area contributed by atoms with Crippen molar-refractivity contribution < 1.29 is 9.18 Å². The second kappa shape index (κ2) is 9.07. The fourth-order valence-electron chi connectivity index (χ4n) is 4.19. The van der Waals surface area contributed by atoms with Crippen LogP contribution in [0, 0.1) is 18.2 Å². The van der Waals surface area contributed by atoms with Crippen molar-refractivity contribution in [1.29, 1.82) is 5.41 Å². The number of aromatic nitrogens is 2. The minimum atomic E-state index is -0.452. The van der Waals surface area contributed by atoms with Crippen LogP contribution in [-0.4, -0.2) is 52.6 Å². The molecule has 172 valence electrons. The normalized spacial score (nSPS) is 13.8. The number of amides is 1. The molecule has 7 nitrogen and oxygen atoms in total. The van der Waals surface area contributed by atoms with E-state index in [1.165, 1.54) is 10.7 Å². The molecule has 1 saturated heterocycles. The number of hydrogen-bond acceptors (Lipinski definition) is 4. The van der Waals surface area contributed by atoms with Gasteiger partial charge >= 0.3 is 0 Å². The molecule has 5 rings (SSSR count). The molecule has 1 aliphatic heterocycles. The molecule has 3 aromatic carbocycles. The number of halogens is 1. The van der Waals surface area contributed by atoms with Crippen molar-refractivity contribution in [2.24, 2.45) is 0 Å². The summed E-state index contributed by atoms with van der Waals surface area (Å²) in [6.45, 7) is 5.09. The first-order valence-corrected chi connectivity index (χ1v) is 11.2. The quantitative estimate of drug-likeness (QED) is 0.321. The number of rotatable bonds is 4. The van der Waals surface area contributed by atoms with Gasteiger partial charge in [-0.25, -0.2) is 9.07 Å². The molecule has 1 fully saturated rings. The summed E-state index contributed by atoms with van der Waals surface area (Å²) >= 11 is 0. The van der Waals surface area contributed by atoms with Gasteiger partial charge in [0.2, 0.25) is 0 Å². The molecule has 0 radical (unpaired) electrons. The van der Waals surface area contributed by atoms with Crippen molar-refractivity contribution in [3.05, 3.63) is 89.5 Å². The largest absolute Gasteiger partial charge is 0.354 e. The Hall–Kier alpha value is -4.04. The summed E-state index contributed by atoms with van der Waals surface area (Å²) < 4.78 is 16.3. The summed E-state index contributed by atoms with van der Waals surface area (Å²) in [6.07, 6.45) is 0. The number of benzene rings is 3. The van der Waals surface area contributed by atoms with Crippen molar-refractivity contribution in [2.45, 2.75) is 6.92 Å². The van der Waals surface area contributed by atoms with Crippen LogP contribution in [0.5, 0.6) is 0 Å². The maximum atomic E-state index is 14.9. The van der Waals surface area contributed by atoms with Crippen LogP contribution in [0.2, 0.25) is 0 Å². The highest BCUT2D eigenvalue weighted by atomic mass is 19.1. The zero-order chi connectivity index (χ0) is 23.7. The number of carbonyl (C=O) groups is 1. The van der Waals surface area contributed by atoms with Crippen molar-refractivity contribution >= 4 is 28.2 Å². The molecule has 8 heteroatoms. The highest BCUT2D eigenvalue weighted by Gasteiger charge is 2.19. The number of hydrogen-bond donors (Lipinski definition) is 3. The fraction of sp³-hybridized carbons (Fsp3) is 0.192. The maximum absolute atomic E-state index is 14.9. The first-order chi connectivity index (χ1) is 16.5. The molecular weight excluding hydrogens is 431 g/mol. The molecule has 0 saturated carbocycles. The van der Waals surface area contributed by atoms with Crippen LogP contribution in [0.25, 0.3) is 16.5 Å². The first-order valence-electron chi connectivity index (χ1n) is 11.2.